The largest absolute Gasteiger partial charge is 0.452 e. The number of benzene rings is 3. The van der Waals surface area contributed by atoms with Gasteiger partial charge in [0.15, 0.2) is 5.76 Å². The lowest BCUT2D eigenvalue weighted by Crippen LogP contribution is -2.14. The van der Waals surface area contributed by atoms with E-state index in [1.54, 1.807) is 66.7 Å². The van der Waals surface area contributed by atoms with Crippen LogP contribution in [0.5, 0.6) is 5.75 Å². The van der Waals surface area contributed by atoms with Crippen LogP contribution in [0.4, 0.5) is 0 Å². The molecule has 0 radical (unpaired) electrons. The van der Waals surface area contributed by atoms with Crippen molar-refractivity contribution >= 4 is 46.2 Å². The molecule has 0 saturated carbocycles. The van der Waals surface area contributed by atoms with Crippen molar-refractivity contribution < 1.29 is 13.9 Å². The van der Waals surface area contributed by atoms with Crippen LogP contribution in [0.3, 0.4) is 0 Å². The number of carbonyl (C=O) groups excluding carboxylic acids is 1. The highest BCUT2D eigenvalue weighted by Gasteiger charge is 2.20. The van der Waals surface area contributed by atoms with Gasteiger partial charge in [-0.25, -0.2) is 4.79 Å². The van der Waals surface area contributed by atoms with Crippen LogP contribution in [-0.4, -0.2) is 5.97 Å². The Hall–Kier alpha value is -3.34. The molecule has 0 aliphatic rings. The van der Waals surface area contributed by atoms with E-state index < -0.39 is 11.4 Å². The van der Waals surface area contributed by atoms with Crippen LogP contribution < -0.4 is 10.2 Å². The number of rotatable bonds is 4. The first-order valence-electron chi connectivity index (χ1n) is 9.39. The fourth-order valence-corrected chi connectivity index (χ4v) is 3.30. The van der Waals surface area contributed by atoms with Gasteiger partial charge in [0.1, 0.15) is 5.58 Å². The molecule has 4 aromatic rings. The standard InChI is InChI=1S/C25H16Cl2O4/c1-15-2-12-21-20(14-15)23(29)25(24(30-21)17-6-10-19(27)11-7-17)31-22(28)13-5-16-3-8-18(26)9-4-16/h2-14H,1H3/b13-5+. The van der Waals surface area contributed by atoms with E-state index in [1.165, 1.54) is 6.08 Å². The van der Waals surface area contributed by atoms with Gasteiger partial charge in [0.2, 0.25) is 11.2 Å². The number of aryl methyl sites for hydroxylation is 1. The molecule has 6 heteroatoms. The second-order valence-corrected chi connectivity index (χ2v) is 7.77. The molecular weight excluding hydrogens is 435 g/mol. The van der Waals surface area contributed by atoms with Crippen LogP contribution in [0, 0.1) is 6.92 Å². The molecule has 0 aliphatic heterocycles. The molecule has 0 saturated heterocycles. The third kappa shape index (κ3) is 4.71. The Morgan fingerprint density at radius 2 is 1.58 bits per heavy atom. The summed E-state index contributed by atoms with van der Waals surface area (Å²) < 4.78 is 11.4. The van der Waals surface area contributed by atoms with E-state index in [-0.39, 0.29) is 11.5 Å². The molecule has 0 aliphatic carbocycles. The van der Waals surface area contributed by atoms with E-state index in [0.717, 1.165) is 11.1 Å². The first-order valence-corrected chi connectivity index (χ1v) is 10.2. The van der Waals surface area contributed by atoms with Crippen molar-refractivity contribution in [1.29, 1.82) is 0 Å². The predicted octanol–water partition coefficient (Wildman–Crippen LogP) is 6.69. The molecule has 4 rings (SSSR count). The van der Waals surface area contributed by atoms with Gasteiger partial charge in [-0.1, -0.05) is 47.0 Å². The number of hydrogen-bond acceptors (Lipinski definition) is 4. The lowest BCUT2D eigenvalue weighted by Gasteiger charge is -2.10. The van der Waals surface area contributed by atoms with Gasteiger partial charge < -0.3 is 9.15 Å². The topological polar surface area (TPSA) is 56.5 Å². The summed E-state index contributed by atoms with van der Waals surface area (Å²) in [6, 6.07) is 18.9. The second-order valence-electron chi connectivity index (χ2n) is 6.90. The zero-order chi connectivity index (χ0) is 22.0. The Labute approximate surface area is 188 Å². The molecular formula is C25H16Cl2O4. The maximum atomic E-state index is 13.2. The van der Waals surface area contributed by atoms with Gasteiger partial charge in [0, 0.05) is 21.7 Å². The summed E-state index contributed by atoms with van der Waals surface area (Å²) in [6.07, 6.45) is 2.82. The van der Waals surface area contributed by atoms with Crippen molar-refractivity contribution in [3.05, 3.63) is 104 Å². The van der Waals surface area contributed by atoms with Gasteiger partial charge in [-0.2, -0.15) is 0 Å². The van der Waals surface area contributed by atoms with Gasteiger partial charge in [0.25, 0.3) is 0 Å². The minimum atomic E-state index is -0.704. The van der Waals surface area contributed by atoms with Crippen LogP contribution in [0.15, 0.2) is 82.0 Å². The highest BCUT2D eigenvalue weighted by atomic mass is 35.5. The summed E-state index contributed by atoms with van der Waals surface area (Å²) in [7, 11) is 0. The quantitative estimate of drug-likeness (QED) is 0.256. The van der Waals surface area contributed by atoms with Gasteiger partial charge >= 0.3 is 5.97 Å². The highest BCUT2D eigenvalue weighted by molar-refractivity contribution is 6.30. The number of fused-ring (bicyclic) bond motifs is 1. The zero-order valence-corrected chi connectivity index (χ0v) is 17.9. The number of esters is 1. The van der Waals surface area contributed by atoms with Crippen molar-refractivity contribution in [2.24, 2.45) is 0 Å². The third-order valence-corrected chi connectivity index (χ3v) is 5.10. The van der Waals surface area contributed by atoms with Crippen molar-refractivity contribution in [3.63, 3.8) is 0 Å². The van der Waals surface area contributed by atoms with Crippen molar-refractivity contribution in [1.82, 2.24) is 0 Å². The minimum absolute atomic E-state index is 0.159. The Balaban J connectivity index is 1.77. The summed E-state index contributed by atoms with van der Waals surface area (Å²) in [5.74, 6) is -0.720. The monoisotopic (exact) mass is 450 g/mol. The second kappa shape index (κ2) is 8.80. The lowest BCUT2D eigenvalue weighted by molar-refractivity contribution is -0.129. The summed E-state index contributed by atoms with van der Waals surface area (Å²) in [5, 5.41) is 1.46. The zero-order valence-electron chi connectivity index (χ0n) is 16.4. The molecule has 154 valence electrons. The number of carbonyl (C=O) groups is 1. The Morgan fingerprint density at radius 1 is 0.935 bits per heavy atom. The normalized spacial score (nSPS) is 11.2. The Morgan fingerprint density at radius 3 is 2.26 bits per heavy atom. The molecule has 0 bridgehead atoms. The molecule has 1 heterocycles. The maximum Gasteiger partial charge on any atom is 0.336 e. The summed E-state index contributed by atoms with van der Waals surface area (Å²) in [6.45, 7) is 1.87. The fourth-order valence-electron chi connectivity index (χ4n) is 3.05. The first-order chi connectivity index (χ1) is 14.9. The smallest absolute Gasteiger partial charge is 0.336 e. The molecule has 4 nitrogen and oxygen atoms in total. The van der Waals surface area contributed by atoms with Gasteiger partial charge in [-0.05, 0) is 67.1 Å². The van der Waals surface area contributed by atoms with Gasteiger partial charge in [0.05, 0.1) is 5.39 Å². The van der Waals surface area contributed by atoms with E-state index in [4.69, 9.17) is 32.4 Å². The highest BCUT2D eigenvalue weighted by Crippen LogP contribution is 2.32. The number of halogens is 2. The molecule has 31 heavy (non-hydrogen) atoms. The van der Waals surface area contributed by atoms with E-state index in [1.807, 2.05) is 13.0 Å². The molecule has 0 amide bonds. The summed E-state index contributed by atoms with van der Waals surface area (Å²) in [5.41, 5.74) is 2.19. The van der Waals surface area contributed by atoms with E-state index in [0.29, 0.717) is 26.6 Å². The molecule has 0 fully saturated rings. The molecule has 0 spiro atoms. The first kappa shape index (κ1) is 20.9. The average molecular weight is 451 g/mol. The molecule has 1 aromatic heterocycles. The molecule has 0 N–H and O–H groups in total. The van der Waals surface area contributed by atoms with Gasteiger partial charge in [-0.15, -0.1) is 0 Å². The van der Waals surface area contributed by atoms with Crippen molar-refractivity contribution in [2.45, 2.75) is 6.92 Å². The van der Waals surface area contributed by atoms with Crippen LogP contribution in [-0.2, 0) is 4.79 Å². The van der Waals surface area contributed by atoms with Crippen molar-refractivity contribution in [3.8, 4) is 17.1 Å². The fraction of sp³-hybridized carbons (Fsp3) is 0.0400. The minimum Gasteiger partial charge on any atom is -0.452 e. The number of hydrogen-bond donors (Lipinski definition) is 0. The van der Waals surface area contributed by atoms with Crippen LogP contribution in [0.1, 0.15) is 11.1 Å². The van der Waals surface area contributed by atoms with E-state index >= 15 is 0 Å². The van der Waals surface area contributed by atoms with Crippen LogP contribution >= 0.6 is 23.2 Å². The van der Waals surface area contributed by atoms with Crippen molar-refractivity contribution in [2.75, 3.05) is 0 Å². The molecule has 0 atom stereocenters. The lowest BCUT2D eigenvalue weighted by atomic mass is 10.1. The number of ether oxygens (including phenoxy) is 1. The summed E-state index contributed by atoms with van der Waals surface area (Å²) >= 11 is 11.9. The summed E-state index contributed by atoms with van der Waals surface area (Å²) in [4.78, 5) is 25.7. The third-order valence-electron chi connectivity index (χ3n) is 4.60. The predicted molar refractivity (Wildman–Crippen MR) is 124 cm³/mol. The molecule has 3 aromatic carbocycles. The van der Waals surface area contributed by atoms with Gasteiger partial charge in [-0.3, -0.25) is 4.79 Å². The van der Waals surface area contributed by atoms with E-state index in [2.05, 4.69) is 0 Å². The Bertz CT molecular complexity index is 1350. The SMILES string of the molecule is Cc1ccc2oc(-c3ccc(Cl)cc3)c(OC(=O)/C=C/c3ccc(Cl)cc3)c(=O)c2c1. The Kier molecular flexibility index (Phi) is 5.94. The molecule has 0 unspecified atom stereocenters. The average Bonchev–Trinajstić information content (AvgIpc) is 2.76. The van der Waals surface area contributed by atoms with E-state index in [9.17, 15) is 9.59 Å². The maximum absolute atomic E-state index is 13.2. The van der Waals surface area contributed by atoms with Crippen LogP contribution in [0.25, 0.3) is 28.4 Å². The van der Waals surface area contributed by atoms with Crippen LogP contribution in [0.2, 0.25) is 10.0 Å².